The highest BCUT2D eigenvalue weighted by molar-refractivity contribution is 6.67. The molecule has 0 spiro atoms. The lowest BCUT2D eigenvalue weighted by Gasteiger charge is -2.27. The highest BCUT2D eigenvalue weighted by Gasteiger charge is 2.41. The average molecular weight is 358 g/mol. The van der Waals surface area contributed by atoms with Crippen molar-refractivity contribution in [1.29, 1.82) is 0 Å². The molecule has 6 heteroatoms. The van der Waals surface area contributed by atoms with Crippen molar-refractivity contribution < 1.29 is 23.1 Å². The van der Waals surface area contributed by atoms with Gasteiger partial charge in [-0.1, -0.05) is 19.1 Å². The monoisotopic (exact) mass is 358 g/mol. The second-order valence-electron chi connectivity index (χ2n) is 6.42. The molecule has 2 heterocycles. The molecule has 0 N–H and O–H groups in total. The van der Waals surface area contributed by atoms with Crippen molar-refractivity contribution in [1.82, 2.24) is 0 Å². The molecule has 0 atom stereocenters. The van der Waals surface area contributed by atoms with Gasteiger partial charge in [-0.05, 0) is 37.1 Å². The second kappa shape index (κ2) is 6.61. The summed E-state index contributed by atoms with van der Waals surface area (Å²) in [4.78, 5) is 0. The summed E-state index contributed by atoms with van der Waals surface area (Å²) in [6.45, 7) is 5.70. The lowest BCUT2D eigenvalue weighted by atomic mass is 10.3. The van der Waals surface area contributed by atoms with Crippen molar-refractivity contribution >= 4 is 8.56 Å². The van der Waals surface area contributed by atoms with Crippen LogP contribution >= 0.6 is 0 Å². The Balaban J connectivity index is 1.46. The van der Waals surface area contributed by atoms with Crippen LogP contribution in [0.15, 0.2) is 36.4 Å². The maximum absolute atomic E-state index is 6.35. The molecule has 2 aromatic rings. The average Bonchev–Trinajstić information content (AvgIpc) is 3.48. The Morgan fingerprint density at radius 1 is 0.880 bits per heavy atom. The van der Waals surface area contributed by atoms with Crippen molar-refractivity contribution in [3.8, 4) is 34.5 Å². The van der Waals surface area contributed by atoms with Gasteiger partial charge in [0.1, 0.15) is 0 Å². The summed E-state index contributed by atoms with van der Waals surface area (Å²) in [5.74, 6) is 4.95. The van der Waals surface area contributed by atoms with Gasteiger partial charge in [0, 0.05) is 25.8 Å². The maximum Gasteiger partial charge on any atom is 0.457 e. The third-order valence-electron chi connectivity index (χ3n) is 4.15. The van der Waals surface area contributed by atoms with Crippen LogP contribution < -0.4 is 18.3 Å². The molecule has 0 saturated heterocycles. The number of benzene rings is 2. The van der Waals surface area contributed by atoms with Gasteiger partial charge in [0.15, 0.2) is 23.0 Å². The molecule has 2 aliphatic heterocycles. The Morgan fingerprint density at radius 3 is 2.04 bits per heavy atom. The van der Waals surface area contributed by atoms with Crippen LogP contribution in [0.25, 0.3) is 0 Å². The van der Waals surface area contributed by atoms with E-state index >= 15 is 0 Å². The molecule has 0 amide bonds. The van der Waals surface area contributed by atoms with Crippen LogP contribution in [-0.4, -0.2) is 21.8 Å². The Kier molecular flexibility index (Phi) is 4.31. The first-order valence-corrected chi connectivity index (χ1v) is 11.3. The van der Waals surface area contributed by atoms with Crippen LogP contribution in [0.1, 0.15) is 19.8 Å². The Morgan fingerprint density at radius 2 is 1.48 bits per heavy atom. The van der Waals surface area contributed by atoms with E-state index in [-0.39, 0.29) is 0 Å². The Hall–Kier alpha value is -2.18. The zero-order valence-corrected chi connectivity index (χ0v) is 15.5. The molecule has 5 nitrogen and oxygen atoms in total. The maximum atomic E-state index is 6.35. The van der Waals surface area contributed by atoms with Gasteiger partial charge in [-0.2, -0.15) is 0 Å². The van der Waals surface area contributed by atoms with E-state index in [1.807, 2.05) is 36.4 Å². The van der Waals surface area contributed by atoms with E-state index in [0.29, 0.717) is 0 Å². The highest BCUT2D eigenvalue weighted by atomic mass is 28.4. The zero-order valence-electron chi connectivity index (χ0n) is 14.5. The summed E-state index contributed by atoms with van der Waals surface area (Å²) < 4.78 is 29.2. The van der Waals surface area contributed by atoms with E-state index in [1.165, 1.54) is 0 Å². The lowest BCUT2D eigenvalue weighted by molar-refractivity contribution is 0.134. The molecule has 0 saturated carbocycles. The van der Waals surface area contributed by atoms with Gasteiger partial charge in [-0.25, -0.2) is 0 Å². The molecule has 0 aromatic heterocycles. The summed E-state index contributed by atoms with van der Waals surface area (Å²) >= 11 is 0. The summed E-state index contributed by atoms with van der Waals surface area (Å²) in [7, 11) is -2.53. The second-order valence-corrected chi connectivity index (χ2v) is 9.60. The van der Waals surface area contributed by atoms with Gasteiger partial charge in [-0.3, -0.25) is 0 Å². The normalized spacial score (nSPS) is 13.2. The van der Waals surface area contributed by atoms with Crippen molar-refractivity contribution in [2.45, 2.75) is 32.4 Å². The van der Waals surface area contributed by atoms with Crippen LogP contribution in [0.3, 0.4) is 0 Å². The van der Waals surface area contributed by atoms with Gasteiger partial charge >= 0.3 is 8.56 Å². The van der Waals surface area contributed by atoms with E-state index in [1.54, 1.807) is 0 Å². The fourth-order valence-corrected chi connectivity index (χ4v) is 5.10. The standard InChI is InChI=1S/C19H22O5Si/c1-3-11-20-12-6-13-25(2,23-16-9-4-7-14-18(16)21-14)24-17-10-5-8-15-19(17)22-15/h4-5,7-10H,3,6,11-13H2,1-2H3. The number of fused-ring (bicyclic) bond motifs is 2. The van der Waals surface area contributed by atoms with Gasteiger partial charge in [0.25, 0.3) is 0 Å². The van der Waals surface area contributed by atoms with Gasteiger partial charge in [0.05, 0.1) is 0 Å². The van der Waals surface area contributed by atoms with Crippen LogP contribution in [0.5, 0.6) is 34.5 Å². The summed E-state index contributed by atoms with van der Waals surface area (Å²) in [6, 6.07) is 12.4. The molecule has 132 valence electrons. The first-order chi connectivity index (χ1) is 12.2. The molecule has 0 aliphatic carbocycles. The number of hydrogen-bond acceptors (Lipinski definition) is 5. The van der Waals surface area contributed by atoms with Gasteiger partial charge in [0.2, 0.25) is 11.5 Å². The zero-order chi connectivity index (χ0) is 17.3. The predicted octanol–water partition coefficient (Wildman–Crippen LogP) is 5.24. The predicted molar refractivity (Wildman–Crippen MR) is 96.4 cm³/mol. The number of rotatable bonds is 10. The van der Waals surface area contributed by atoms with Gasteiger partial charge < -0.3 is 23.1 Å². The van der Waals surface area contributed by atoms with Crippen LogP contribution in [-0.2, 0) is 4.74 Å². The summed E-state index contributed by atoms with van der Waals surface area (Å²) in [5.41, 5.74) is 0. The van der Waals surface area contributed by atoms with Crippen LogP contribution in [0.4, 0.5) is 0 Å². The smallest absolute Gasteiger partial charge is 0.457 e. The van der Waals surface area contributed by atoms with Crippen molar-refractivity contribution in [2.24, 2.45) is 0 Å². The molecule has 4 rings (SSSR count). The molecule has 0 fully saturated rings. The topological polar surface area (TPSA) is 52.8 Å². The van der Waals surface area contributed by atoms with Crippen molar-refractivity contribution in [3.63, 3.8) is 0 Å². The molecule has 0 radical (unpaired) electrons. The fraction of sp³-hybridized carbons (Fsp3) is 0.368. The highest BCUT2D eigenvalue weighted by Crippen LogP contribution is 2.54. The van der Waals surface area contributed by atoms with Crippen LogP contribution in [0.2, 0.25) is 12.6 Å². The molecule has 2 aromatic carbocycles. The largest absolute Gasteiger partial charge is 0.509 e. The summed E-state index contributed by atoms with van der Waals surface area (Å²) in [6.07, 6.45) is 1.93. The SMILES string of the molecule is CCCOCCC[Si](C)(Oc1cccc2c1O2)Oc1cccc2c1O2. The fourth-order valence-electron chi connectivity index (χ4n) is 2.82. The van der Waals surface area contributed by atoms with E-state index < -0.39 is 8.56 Å². The Bertz CT molecular complexity index is 721. The number of para-hydroxylation sites is 2. The minimum absolute atomic E-state index is 0.718. The number of ether oxygens (including phenoxy) is 3. The molecule has 0 bridgehead atoms. The number of hydrogen-bond donors (Lipinski definition) is 0. The van der Waals surface area contributed by atoms with Gasteiger partial charge in [-0.15, -0.1) is 0 Å². The third-order valence-corrected chi connectivity index (χ3v) is 6.71. The van der Waals surface area contributed by atoms with Crippen molar-refractivity contribution in [3.05, 3.63) is 36.4 Å². The minimum Gasteiger partial charge on any atom is -0.509 e. The quantitative estimate of drug-likeness (QED) is 0.220. The van der Waals surface area contributed by atoms with E-state index in [0.717, 1.165) is 66.6 Å². The Labute approximate surface area is 148 Å². The molecule has 2 aliphatic rings. The van der Waals surface area contributed by atoms with E-state index in [4.69, 9.17) is 23.1 Å². The minimum atomic E-state index is -2.53. The molecular weight excluding hydrogens is 336 g/mol. The third kappa shape index (κ3) is 3.75. The van der Waals surface area contributed by atoms with Crippen LogP contribution in [0, 0.1) is 0 Å². The van der Waals surface area contributed by atoms with E-state index in [2.05, 4.69) is 13.5 Å². The molecular formula is C19H22O5Si. The van der Waals surface area contributed by atoms with E-state index in [9.17, 15) is 0 Å². The molecule has 0 unspecified atom stereocenters. The summed E-state index contributed by atoms with van der Waals surface area (Å²) in [5, 5.41) is 0. The first-order valence-electron chi connectivity index (χ1n) is 8.76. The molecule has 25 heavy (non-hydrogen) atoms. The first kappa shape index (κ1) is 16.3. The van der Waals surface area contributed by atoms with Crippen molar-refractivity contribution in [2.75, 3.05) is 13.2 Å². The lowest BCUT2D eigenvalue weighted by Crippen LogP contribution is -2.45.